The van der Waals surface area contributed by atoms with Gasteiger partial charge in [-0.1, -0.05) is 47.9 Å². The molecule has 0 bridgehead atoms. The van der Waals surface area contributed by atoms with Gasteiger partial charge in [0.25, 0.3) is 5.56 Å². The molecule has 0 saturated heterocycles. The predicted molar refractivity (Wildman–Crippen MR) is 79.5 cm³/mol. The number of benzene rings is 2. The molecule has 0 radical (unpaired) electrons. The molecule has 0 saturated carbocycles. The molecule has 0 aliphatic heterocycles. The number of rotatable bonds is 3. The third-order valence-electron chi connectivity index (χ3n) is 3.11. The van der Waals surface area contributed by atoms with Crippen molar-refractivity contribution < 1.29 is 0 Å². The number of hydrogen-bond donors (Lipinski definition) is 1. The number of nitrogens with two attached hydrogens (primary N) is 1. The van der Waals surface area contributed by atoms with Gasteiger partial charge in [-0.3, -0.25) is 8.75 Å². The van der Waals surface area contributed by atoms with Gasteiger partial charge in [0.05, 0.1) is 16.6 Å². The summed E-state index contributed by atoms with van der Waals surface area (Å²) in [5.41, 5.74) is 7.92. The highest BCUT2D eigenvalue weighted by atomic mass is 32.1. The fraction of sp³-hybridized carbons (Fsp3) is 0.133. The Balaban J connectivity index is 2.01. The van der Waals surface area contributed by atoms with Crippen LogP contribution in [0, 0.1) is 0 Å². The second-order valence-electron chi connectivity index (χ2n) is 4.45. The minimum absolute atomic E-state index is 0.0822. The normalized spacial score (nSPS) is 11.0. The second-order valence-corrected chi connectivity index (χ2v) is 5.52. The van der Waals surface area contributed by atoms with E-state index in [1.165, 1.54) is 11.5 Å². The zero-order chi connectivity index (χ0) is 13.2. The van der Waals surface area contributed by atoms with Crippen molar-refractivity contribution in [3.8, 4) is 0 Å². The van der Waals surface area contributed by atoms with Crippen LogP contribution in [0.4, 0.5) is 0 Å². The molecule has 0 unspecified atom stereocenters. The SMILES string of the molecule is NCc1cccc(Cn2sc3ccccc3c2=O)c1. The van der Waals surface area contributed by atoms with Gasteiger partial charge in [0.15, 0.2) is 0 Å². The minimum atomic E-state index is 0.0822. The number of nitrogens with zero attached hydrogens (tertiary/aromatic N) is 1. The molecule has 1 heterocycles. The van der Waals surface area contributed by atoms with E-state index in [4.69, 9.17) is 5.73 Å². The maximum absolute atomic E-state index is 12.2. The summed E-state index contributed by atoms with van der Waals surface area (Å²) in [6.45, 7) is 1.13. The van der Waals surface area contributed by atoms with Crippen LogP contribution < -0.4 is 11.3 Å². The first kappa shape index (κ1) is 12.1. The summed E-state index contributed by atoms with van der Waals surface area (Å²) in [5.74, 6) is 0. The van der Waals surface area contributed by atoms with Crippen LogP contribution in [0.1, 0.15) is 11.1 Å². The fourth-order valence-corrected chi connectivity index (χ4v) is 3.17. The van der Waals surface area contributed by atoms with E-state index in [1.54, 1.807) is 3.96 Å². The molecule has 0 amide bonds. The van der Waals surface area contributed by atoms with E-state index in [0.717, 1.165) is 21.2 Å². The van der Waals surface area contributed by atoms with E-state index in [1.807, 2.05) is 42.5 Å². The molecular weight excluding hydrogens is 256 g/mol. The van der Waals surface area contributed by atoms with Gasteiger partial charge in [-0.2, -0.15) is 0 Å². The van der Waals surface area contributed by atoms with Crippen LogP contribution in [0.2, 0.25) is 0 Å². The maximum Gasteiger partial charge on any atom is 0.268 e. The van der Waals surface area contributed by atoms with Crippen LogP contribution in [-0.4, -0.2) is 3.96 Å². The second kappa shape index (κ2) is 4.99. The predicted octanol–water partition coefficient (Wildman–Crippen LogP) is 2.57. The molecule has 4 heteroatoms. The monoisotopic (exact) mass is 270 g/mol. The first-order valence-corrected chi connectivity index (χ1v) is 6.92. The lowest BCUT2D eigenvalue weighted by Crippen LogP contribution is -2.13. The van der Waals surface area contributed by atoms with Crippen molar-refractivity contribution in [2.45, 2.75) is 13.1 Å². The smallest absolute Gasteiger partial charge is 0.268 e. The summed E-state index contributed by atoms with van der Waals surface area (Å²) < 4.78 is 2.82. The van der Waals surface area contributed by atoms with Gasteiger partial charge in [-0.25, -0.2) is 0 Å². The summed E-state index contributed by atoms with van der Waals surface area (Å²) >= 11 is 1.51. The maximum atomic E-state index is 12.2. The molecule has 3 nitrogen and oxygen atoms in total. The Morgan fingerprint density at radius 1 is 1.05 bits per heavy atom. The van der Waals surface area contributed by atoms with E-state index in [2.05, 4.69) is 6.07 Å². The van der Waals surface area contributed by atoms with Gasteiger partial charge in [-0.15, -0.1) is 0 Å². The molecule has 3 rings (SSSR count). The van der Waals surface area contributed by atoms with Crippen LogP contribution in [0.5, 0.6) is 0 Å². The molecule has 0 aliphatic rings. The Morgan fingerprint density at radius 2 is 1.84 bits per heavy atom. The fourth-order valence-electron chi connectivity index (χ4n) is 2.14. The molecule has 19 heavy (non-hydrogen) atoms. The lowest BCUT2D eigenvalue weighted by Gasteiger charge is -2.03. The average Bonchev–Trinajstić information content (AvgIpc) is 2.76. The van der Waals surface area contributed by atoms with Gasteiger partial charge < -0.3 is 5.73 Å². The van der Waals surface area contributed by atoms with E-state index in [0.29, 0.717) is 13.1 Å². The summed E-state index contributed by atoms with van der Waals surface area (Å²) in [6.07, 6.45) is 0. The third kappa shape index (κ3) is 2.32. The van der Waals surface area contributed by atoms with Crippen molar-refractivity contribution in [1.82, 2.24) is 3.96 Å². The summed E-state index contributed by atoms with van der Waals surface area (Å²) in [7, 11) is 0. The van der Waals surface area contributed by atoms with Crippen molar-refractivity contribution in [2.24, 2.45) is 5.73 Å². The average molecular weight is 270 g/mol. The van der Waals surface area contributed by atoms with E-state index in [-0.39, 0.29) is 5.56 Å². The van der Waals surface area contributed by atoms with Crippen LogP contribution in [-0.2, 0) is 13.1 Å². The van der Waals surface area contributed by atoms with Crippen LogP contribution >= 0.6 is 11.5 Å². The molecule has 0 atom stereocenters. The van der Waals surface area contributed by atoms with Crippen molar-refractivity contribution in [2.75, 3.05) is 0 Å². The highest BCUT2D eigenvalue weighted by Crippen LogP contribution is 2.17. The standard InChI is InChI=1S/C15H14N2OS/c16-9-11-4-3-5-12(8-11)10-17-15(18)13-6-1-2-7-14(13)19-17/h1-8H,9-10,16H2. The Bertz CT molecular complexity index is 773. The van der Waals surface area contributed by atoms with Crippen LogP contribution in [0.3, 0.4) is 0 Å². The molecule has 0 fully saturated rings. The molecule has 3 aromatic rings. The van der Waals surface area contributed by atoms with Gasteiger partial charge in [0.1, 0.15) is 0 Å². The van der Waals surface area contributed by atoms with Gasteiger partial charge in [0.2, 0.25) is 0 Å². The zero-order valence-electron chi connectivity index (χ0n) is 10.4. The van der Waals surface area contributed by atoms with Gasteiger partial charge in [0, 0.05) is 6.54 Å². The molecule has 0 aliphatic carbocycles. The summed E-state index contributed by atoms with van der Waals surface area (Å²) in [6, 6.07) is 15.8. The minimum Gasteiger partial charge on any atom is -0.326 e. The molecule has 96 valence electrons. The Morgan fingerprint density at radius 3 is 2.63 bits per heavy atom. The van der Waals surface area contributed by atoms with Gasteiger partial charge in [-0.05, 0) is 23.3 Å². The molecule has 0 spiro atoms. The molecular formula is C15H14N2OS. The van der Waals surface area contributed by atoms with Crippen molar-refractivity contribution in [1.29, 1.82) is 0 Å². The highest BCUT2D eigenvalue weighted by Gasteiger charge is 2.07. The Hall–Kier alpha value is -1.91. The number of hydrogen-bond acceptors (Lipinski definition) is 3. The highest BCUT2D eigenvalue weighted by molar-refractivity contribution is 7.13. The number of fused-ring (bicyclic) bond motifs is 1. The summed E-state index contributed by atoms with van der Waals surface area (Å²) in [4.78, 5) is 12.2. The quantitative estimate of drug-likeness (QED) is 0.795. The van der Waals surface area contributed by atoms with Crippen LogP contribution in [0.25, 0.3) is 10.1 Å². The lowest BCUT2D eigenvalue weighted by molar-refractivity contribution is 0.851. The van der Waals surface area contributed by atoms with Crippen molar-refractivity contribution >= 4 is 21.6 Å². The largest absolute Gasteiger partial charge is 0.326 e. The number of aromatic nitrogens is 1. The van der Waals surface area contributed by atoms with Gasteiger partial charge >= 0.3 is 0 Å². The molecule has 1 aromatic heterocycles. The third-order valence-corrected chi connectivity index (χ3v) is 4.17. The van der Waals surface area contributed by atoms with Crippen molar-refractivity contribution in [3.63, 3.8) is 0 Å². The Labute approximate surface area is 115 Å². The van der Waals surface area contributed by atoms with E-state index >= 15 is 0 Å². The lowest BCUT2D eigenvalue weighted by atomic mass is 10.1. The first-order chi connectivity index (χ1) is 9.28. The van der Waals surface area contributed by atoms with Crippen LogP contribution in [0.15, 0.2) is 53.3 Å². The molecule has 2 N–H and O–H groups in total. The Kier molecular flexibility index (Phi) is 3.19. The van der Waals surface area contributed by atoms with E-state index in [9.17, 15) is 4.79 Å². The zero-order valence-corrected chi connectivity index (χ0v) is 11.2. The van der Waals surface area contributed by atoms with Crippen molar-refractivity contribution in [3.05, 3.63) is 70.0 Å². The first-order valence-electron chi connectivity index (χ1n) is 6.14. The van der Waals surface area contributed by atoms with E-state index < -0.39 is 0 Å². The summed E-state index contributed by atoms with van der Waals surface area (Å²) in [5, 5.41) is 0.794. The topological polar surface area (TPSA) is 48.0 Å². The molecule has 2 aromatic carbocycles.